The van der Waals surface area contributed by atoms with Crippen LogP contribution in [-0.4, -0.2) is 18.4 Å². The van der Waals surface area contributed by atoms with E-state index in [4.69, 9.17) is 9.47 Å². The van der Waals surface area contributed by atoms with Gasteiger partial charge in [-0.25, -0.2) is 4.79 Å². The molecule has 1 heterocycles. The first-order valence-electron chi connectivity index (χ1n) is 4.55. The van der Waals surface area contributed by atoms with E-state index in [-0.39, 0.29) is 18.4 Å². The fraction of sp³-hybridized carbons (Fsp3) is 0.889. The highest BCUT2D eigenvalue weighted by Crippen LogP contribution is 2.24. The summed E-state index contributed by atoms with van der Waals surface area (Å²) in [6.45, 7) is 5.88. The van der Waals surface area contributed by atoms with Crippen LogP contribution >= 0.6 is 0 Å². The second-order valence-corrected chi connectivity index (χ2v) is 3.16. The predicted octanol–water partition coefficient (Wildman–Crippen LogP) is 1.71. The number of hydrogen-bond donors (Lipinski definition) is 0. The van der Waals surface area contributed by atoms with Crippen molar-refractivity contribution in [1.82, 2.24) is 0 Å². The molecule has 3 nitrogen and oxygen atoms in total. The van der Waals surface area contributed by atoms with Gasteiger partial charge in [0.05, 0.1) is 0 Å². The van der Waals surface area contributed by atoms with Gasteiger partial charge in [-0.05, 0) is 19.8 Å². The van der Waals surface area contributed by atoms with Gasteiger partial charge in [0, 0.05) is 5.92 Å². The molecule has 1 rings (SSSR count). The van der Waals surface area contributed by atoms with Gasteiger partial charge in [0.1, 0.15) is 0 Å². The minimum absolute atomic E-state index is 0.230. The Labute approximate surface area is 73.0 Å². The maximum atomic E-state index is 11.0. The van der Waals surface area contributed by atoms with Gasteiger partial charge in [-0.2, -0.15) is 0 Å². The molecular weight excluding hydrogens is 156 g/mol. The van der Waals surface area contributed by atoms with Crippen LogP contribution in [0.3, 0.4) is 0 Å². The molecule has 0 aromatic rings. The molecule has 12 heavy (non-hydrogen) atoms. The molecule has 2 atom stereocenters. The Morgan fingerprint density at radius 2 is 2.00 bits per heavy atom. The minimum Gasteiger partial charge on any atom is -0.434 e. The first kappa shape index (κ1) is 9.52. The van der Waals surface area contributed by atoms with E-state index >= 15 is 0 Å². The quantitative estimate of drug-likeness (QED) is 0.608. The Bertz CT molecular complexity index is 163. The first-order valence-corrected chi connectivity index (χ1v) is 4.55. The van der Waals surface area contributed by atoms with Crippen LogP contribution in [0.4, 0.5) is 0 Å². The lowest BCUT2D eigenvalue weighted by Gasteiger charge is -2.17. The standard InChI is InChI=1S/C9H16O3/c1-4-7(5-2)9-11-6(3)8(10)12-9/h6-7,9H,4-5H2,1-3H3/t6-,9-/m0/s1. The van der Waals surface area contributed by atoms with Gasteiger partial charge in [-0.15, -0.1) is 0 Å². The van der Waals surface area contributed by atoms with Crippen LogP contribution in [0.5, 0.6) is 0 Å². The Hall–Kier alpha value is -0.570. The summed E-state index contributed by atoms with van der Waals surface area (Å²) in [7, 11) is 0. The maximum absolute atomic E-state index is 11.0. The van der Waals surface area contributed by atoms with Crippen molar-refractivity contribution in [3.8, 4) is 0 Å². The third kappa shape index (κ3) is 1.78. The van der Waals surface area contributed by atoms with E-state index in [2.05, 4.69) is 13.8 Å². The fourth-order valence-electron chi connectivity index (χ4n) is 1.38. The highest BCUT2D eigenvalue weighted by atomic mass is 16.8. The molecular formula is C9H16O3. The lowest BCUT2D eigenvalue weighted by Crippen LogP contribution is -2.20. The molecule has 3 heteroatoms. The first-order chi connectivity index (χ1) is 5.69. The average molecular weight is 172 g/mol. The van der Waals surface area contributed by atoms with Crippen LogP contribution in [-0.2, 0) is 14.3 Å². The molecule has 0 spiro atoms. The van der Waals surface area contributed by atoms with E-state index in [0.29, 0.717) is 5.92 Å². The van der Waals surface area contributed by atoms with Crippen molar-refractivity contribution in [3.63, 3.8) is 0 Å². The molecule has 0 bridgehead atoms. The van der Waals surface area contributed by atoms with E-state index in [1.807, 2.05) is 0 Å². The fourth-order valence-corrected chi connectivity index (χ4v) is 1.38. The molecule has 0 aromatic carbocycles. The van der Waals surface area contributed by atoms with E-state index < -0.39 is 0 Å². The number of rotatable bonds is 3. The molecule has 0 unspecified atom stereocenters. The highest BCUT2D eigenvalue weighted by Gasteiger charge is 2.35. The zero-order chi connectivity index (χ0) is 9.14. The SMILES string of the molecule is CCC(CC)[C@@H]1OC(=O)[C@H](C)O1. The highest BCUT2D eigenvalue weighted by molar-refractivity contribution is 5.75. The Balaban J connectivity index is 2.49. The average Bonchev–Trinajstić information content (AvgIpc) is 2.35. The van der Waals surface area contributed by atoms with E-state index in [9.17, 15) is 4.79 Å². The molecule has 1 saturated heterocycles. The van der Waals surface area contributed by atoms with Crippen molar-refractivity contribution in [2.75, 3.05) is 0 Å². The van der Waals surface area contributed by atoms with Crippen molar-refractivity contribution in [2.24, 2.45) is 5.92 Å². The van der Waals surface area contributed by atoms with Crippen LogP contribution < -0.4 is 0 Å². The van der Waals surface area contributed by atoms with Crippen molar-refractivity contribution in [2.45, 2.75) is 46.0 Å². The molecule has 1 aliphatic rings. The number of esters is 1. The van der Waals surface area contributed by atoms with Gasteiger partial charge in [0.15, 0.2) is 6.10 Å². The number of ether oxygens (including phenoxy) is 2. The minimum atomic E-state index is -0.379. The summed E-state index contributed by atoms with van der Waals surface area (Å²) in [6.07, 6.45) is 1.29. The topological polar surface area (TPSA) is 35.5 Å². The zero-order valence-electron chi connectivity index (χ0n) is 7.87. The van der Waals surface area contributed by atoms with Gasteiger partial charge in [0.2, 0.25) is 6.29 Å². The summed E-state index contributed by atoms with van der Waals surface area (Å²) in [5, 5.41) is 0. The van der Waals surface area contributed by atoms with Gasteiger partial charge >= 0.3 is 5.97 Å². The lowest BCUT2D eigenvalue weighted by molar-refractivity contribution is -0.148. The molecule has 0 amide bonds. The van der Waals surface area contributed by atoms with Crippen LogP contribution in [0.25, 0.3) is 0 Å². The number of carbonyl (C=O) groups is 1. The predicted molar refractivity (Wildman–Crippen MR) is 44.5 cm³/mol. The van der Waals surface area contributed by atoms with Gasteiger partial charge < -0.3 is 9.47 Å². The Morgan fingerprint density at radius 1 is 1.42 bits per heavy atom. The van der Waals surface area contributed by atoms with E-state index in [1.54, 1.807) is 6.92 Å². The zero-order valence-corrected chi connectivity index (χ0v) is 7.87. The third-order valence-corrected chi connectivity index (χ3v) is 2.34. The third-order valence-electron chi connectivity index (χ3n) is 2.34. The van der Waals surface area contributed by atoms with Gasteiger partial charge in [-0.1, -0.05) is 13.8 Å². The summed E-state index contributed by atoms with van der Waals surface area (Å²) in [5.74, 6) is 0.116. The summed E-state index contributed by atoms with van der Waals surface area (Å²) in [4.78, 5) is 11.0. The summed E-state index contributed by atoms with van der Waals surface area (Å²) < 4.78 is 10.4. The number of cyclic esters (lactones) is 1. The summed E-state index contributed by atoms with van der Waals surface area (Å²) in [5.41, 5.74) is 0. The van der Waals surface area contributed by atoms with Crippen LogP contribution in [0.2, 0.25) is 0 Å². The molecule has 0 aromatic heterocycles. The monoisotopic (exact) mass is 172 g/mol. The molecule has 1 fully saturated rings. The summed E-state index contributed by atoms with van der Waals surface area (Å²) in [6, 6.07) is 0. The molecule has 0 aliphatic carbocycles. The molecule has 1 aliphatic heterocycles. The summed E-state index contributed by atoms with van der Waals surface area (Å²) >= 11 is 0. The molecule has 0 saturated carbocycles. The second-order valence-electron chi connectivity index (χ2n) is 3.16. The van der Waals surface area contributed by atoms with Crippen molar-refractivity contribution < 1.29 is 14.3 Å². The van der Waals surface area contributed by atoms with Crippen molar-refractivity contribution >= 4 is 5.97 Å². The van der Waals surface area contributed by atoms with Crippen LogP contribution in [0, 0.1) is 5.92 Å². The van der Waals surface area contributed by atoms with Crippen LogP contribution in [0.15, 0.2) is 0 Å². The largest absolute Gasteiger partial charge is 0.434 e. The Kier molecular flexibility index (Phi) is 3.09. The number of carbonyl (C=O) groups excluding carboxylic acids is 1. The molecule has 70 valence electrons. The molecule has 0 N–H and O–H groups in total. The smallest absolute Gasteiger partial charge is 0.337 e. The van der Waals surface area contributed by atoms with Gasteiger partial charge in [-0.3, -0.25) is 0 Å². The van der Waals surface area contributed by atoms with Crippen molar-refractivity contribution in [1.29, 1.82) is 0 Å². The normalized spacial score (nSPS) is 29.5. The second kappa shape index (κ2) is 3.90. The van der Waals surface area contributed by atoms with E-state index in [1.165, 1.54) is 0 Å². The van der Waals surface area contributed by atoms with Crippen molar-refractivity contribution in [3.05, 3.63) is 0 Å². The Morgan fingerprint density at radius 3 is 2.33 bits per heavy atom. The molecule has 0 radical (unpaired) electrons. The maximum Gasteiger partial charge on any atom is 0.337 e. The van der Waals surface area contributed by atoms with E-state index in [0.717, 1.165) is 12.8 Å². The number of hydrogen-bond acceptors (Lipinski definition) is 3. The van der Waals surface area contributed by atoms with Gasteiger partial charge in [0.25, 0.3) is 0 Å². The lowest BCUT2D eigenvalue weighted by atomic mass is 10.0. The van der Waals surface area contributed by atoms with Crippen LogP contribution in [0.1, 0.15) is 33.6 Å².